The minimum atomic E-state index is -0.0204. The van der Waals surface area contributed by atoms with Gasteiger partial charge in [-0.15, -0.1) is 0 Å². The van der Waals surface area contributed by atoms with Crippen LogP contribution in [0.2, 0.25) is 0 Å². The molecule has 2 heterocycles. The summed E-state index contributed by atoms with van der Waals surface area (Å²) in [6.45, 7) is 2.89. The molecule has 1 unspecified atom stereocenters. The van der Waals surface area contributed by atoms with Gasteiger partial charge in [0.25, 0.3) is 0 Å². The monoisotopic (exact) mass is 245 g/mol. The van der Waals surface area contributed by atoms with Crippen LogP contribution in [0.5, 0.6) is 0 Å². The fourth-order valence-electron chi connectivity index (χ4n) is 2.82. The highest BCUT2D eigenvalue weighted by Gasteiger charge is 2.28. The molecule has 4 heteroatoms. The van der Waals surface area contributed by atoms with Crippen molar-refractivity contribution >= 4 is 17.3 Å². The molecule has 0 bridgehead atoms. The van der Waals surface area contributed by atoms with E-state index in [1.54, 1.807) is 0 Å². The van der Waals surface area contributed by atoms with Gasteiger partial charge in [0, 0.05) is 43.5 Å². The van der Waals surface area contributed by atoms with E-state index in [1.807, 2.05) is 17.0 Å². The van der Waals surface area contributed by atoms with Crippen LogP contribution < -0.4 is 15.5 Å². The van der Waals surface area contributed by atoms with Crippen LogP contribution >= 0.6 is 0 Å². The van der Waals surface area contributed by atoms with E-state index in [9.17, 15) is 4.79 Å². The maximum absolute atomic E-state index is 11.9. The van der Waals surface area contributed by atoms with Gasteiger partial charge >= 0.3 is 0 Å². The number of nitrogens with zero attached hydrogens (tertiary/aromatic N) is 2. The van der Waals surface area contributed by atoms with Crippen LogP contribution in [0.3, 0.4) is 0 Å². The maximum Gasteiger partial charge on any atom is 0.228 e. The molecule has 0 spiro atoms. The van der Waals surface area contributed by atoms with Gasteiger partial charge in [-0.2, -0.15) is 0 Å². The summed E-state index contributed by atoms with van der Waals surface area (Å²) in [5.74, 6) is 0.140. The Morgan fingerprint density at radius 3 is 2.56 bits per heavy atom. The van der Waals surface area contributed by atoms with Crippen LogP contribution in [0.4, 0.5) is 11.4 Å². The van der Waals surface area contributed by atoms with Crippen molar-refractivity contribution in [2.75, 3.05) is 29.4 Å². The fourth-order valence-corrected chi connectivity index (χ4v) is 2.82. The molecule has 2 saturated heterocycles. The van der Waals surface area contributed by atoms with E-state index in [0.717, 1.165) is 18.8 Å². The summed E-state index contributed by atoms with van der Waals surface area (Å²) in [5.41, 5.74) is 8.04. The quantitative estimate of drug-likeness (QED) is 0.855. The van der Waals surface area contributed by atoms with Gasteiger partial charge in [-0.05, 0) is 31.0 Å². The number of amides is 1. The zero-order valence-corrected chi connectivity index (χ0v) is 10.5. The van der Waals surface area contributed by atoms with Crippen molar-refractivity contribution in [3.63, 3.8) is 0 Å². The lowest BCUT2D eigenvalue weighted by Gasteiger charge is -2.21. The van der Waals surface area contributed by atoms with Crippen molar-refractivity contribution in [1.82, 2.24) is 0 Å². The van der Waals surface area contributed by atoms with Gasteiger partial charge in [-0.25, -0.2) is 0 Å². The van der Waals surface area contributed by atoms with Crippen LogP contribution in [-0.2, 0) is 4.79 Å². The van der Waals surface area contributed by atoms with Gasteiger partial charge in [0.15, 0.2) is 0 Å². The Hall–Kier alpha value is -1.55. The standard InChI is InChI=1S/C14H19N3O/c15-11-8-14(18)17(10-11)13-5-3-4-12(9-13)16-6-1-2-7-16/h3-5,9,11H,1-2,6-8,10,15H2. The number of carbonyl (C=O) groups excluding carboxylic acids is 1. The molecule has 0 saturated carbocycles. The predicted molar refractivity (Wildman–Crippen MR) is 72.8 cm³/mol. The van der Waals surface area contributed by atoms with Crippen LogP contribution in [0.15, 0.2) is 24.3 Å². The topological polar surface area (TPSA) is 49.6 Å². The minimum absolute atomic E-state index is 0.0204. The second-order valence-corrected chi connectivity index (χ2v) is 5.18. The Labute approximate surface area is 107 Å². The van der Waals surface area contributed by atoms with Crippen LogP contribution in [0.25, 0.3) is 0 Å². The molecule has 0 aliphatic carbocycles. The van der Waals surface area contributed by atoms with E-state index in [4.69, 9.17) is 5.73 Å². The minimum Gasteiger partial charge on any atom is -0.371 e. The van der Waals surface area contributed by atoms with E-state index in [-0.39, 0.29) is 11.9 Å². The van der Waals surface area contributed by atoms with E-state index in [2.05, 4.69) is 17.0 Å². The van der Waals surface area contributed by atoms with E-state index < -0.39 is 0 Å². The molecule has 1 amide bonds. The number of benzene rings is 1. The Bertz CT molecular complexity index is 454. The summed E-state index contributed by atoms with van der Waals surface area (Å²) in [6, 6.07) is 8.24. The van der Waals surface area contributed by atoms with E-state index >= 15 is 0 Å². The third-order valence-electron chi connectivity index (χ3n) is 3.77. The summed E-state index contributed by atoms with van der Waals surface area (Å²) in [6.07, 6.45) is 2.99. The molecule has 0 radical (unpaired) electrons. The summed E-state index contributed by atoms with van der Waals surface area (Å²) >= 11 is 0. The molecule has 1 aromatic carbocycles. The number of carbonyl (C=O) groups is 1. The van der Waals surface area contributed by atoms with Crippen molar-refractivity contribution in [1.29, 1.82) is 0 Å². The third kappa shape index (κ3) is 2.08. The molecule has 3 rings (SSSR count). The molecule has 1 aromatic rings. The highest BCUT2D eigenvalue weighted by Crippen LogP contribution is 2.27. The normalized spacial score (nSPS) is 24.1. The molecular formula is C14H19N3O. The highest BCUT2D eigenvalue weighted by molar-refractivity contribution is 5.96. The highest BCUT2D eigenvalue weighted by atomic mass is 16.2. The lowest BCUT2D eigenvalue weighted by Crippen LogP contribution is -2.28. The first-order valence-corrected chi connectivity index (χ1v) is 6.65. The first-order valence-electron chi connectivity index (χ1n) is 6.65. The average Bonchev–Trinajstić information content (AvgIpc) is 2.99. The predicted octanol–water partition coefficient (Wildman–Crippen LogP) is 1.35. The SMILES string of the molecule is NC1CC(=O)N(c2cccc(N3CCCC3)c2)C1. The van der Waals surface area contributed by atoms with Gasteiger partial charge in [-0.1, -0.05) is 6.07 Å². The molecule has 2 fully saturated rings. The Balaban J connectivity index is 1.84. The largest absolute Gasteiger partial charge is 0.371 e. The van der Waals surface area contributed by atoms with Crippen LogP contribution in [0.1, 0.15) is 19.3 Å². The molecule has 2 aliphatic heterocycles. The van der Waals surface area contributed by atoms with Crippen molar-refractivity contribution in [3.05, 3.63) is 24.3 Å². The molecule has 18 heavy (non-hydrogen) atoms. The first-order chi connectivity index (χ1) is 8.74. The van der Waals surface area contributed by atoms with Crippen molar-refractivity contribution in [3.8, 4) is 0 Å². The number of hydrogen-bond acceptors (Lipinski definition) is 3. The molecule has 1 atom stereocenters. The Kier molecular flexibility index (Phi) is 2.96. The molecular weight excluding hydrogens is 226 g/mol. The van der Waals surface area contributed by atoms with Crippen LogP contribution in [0, 0.1) is 0 Å². The molecule has 96 valence electrons. The number of hydrogen-bond donors (Lipinski definition) is 1. The Morgan fingerprint density at radius 2 is 1.89 bits per heavy atom. The summed E-state index contributed by atoms with van der Waals surface area (Å²) < 4.78 is 0. The third-order valence-corrected chi connectivity index (χ3v) is 3.77. The van der Waals surface area contributed by atoms with Gasteiger partial charge in [0.2, 0.25) is 5.91 Å². The zero-order chi connectivity index (χ0) is 12.5. The fraction of sp³-hybridized carbons (Fsp3) is 0.500. The van der Waals surface area contributed by atoms with Crippen molar-refractivity contribution in [2.45, 2.75) is 25.3 Å². The lowest BCUT2D eigenvalue weighted by molar-refractivity contribution is -0.117. The van der Waals surface area contributed by atoms with Gasteiger partial charge in [-0.3, -0.25) is 4.79 Å². The van der Waals surface area contributed by atoms with Crippen molar-refractivity contribution < 1.29 is 4.79 Å². The number of nitrogens with two attached hydrogens (primary N) is 1. The molecule has 2 N–H and O–H groups in total. The zero-order valence-electron chi connectivity index (χ0n) is 10.5. The van der Waals surface area contributed by atoms with E-state index in [1.165, 1.54) is 18.5 Å². The number of anilines is 2. The second kappa shape index (κ2) is 4.61. The smallest absolute Gasteiger partial charge is 0.228 e. The molecule has 4 nitrogen and oxygen atoms in total. The summed E-state index contributed by atoms with van der Waals surface area (Å²) in [5, 5.41) is 0. The summed E-state index contributed by atoms with van der Waals surface area (Å²) in [7, 11) is 0. The Morgan fingerprint density at radius 1 is 1.17 bits per heavy atom. The van der Waals surface area contributed by atoms with Gasteiger partial charge in [0.05, 0.1) is 0 Å². The van der Waals surface area contributed by atoms with Crippen LogP contribution in [-0.4, -0.2) is 31.6 Å². The average molecular weight is 245 g/mol. The van der Waals surface area contributed by atoms with E-state index in [0.29, 0.717) is 13.0 Å². The molecule has 0 aromatic heterocycles. The summed E-state index contributed by atoms with van der Waals surface area (Å²) in [4.78, 5) is 16.0. The maximum atomic E-state index is 11.9. The molecule has 2 aliphatic rings. The second-order valence-electron chi connectivity index (χ2n) is 5.18. The number of rotatable bonds is 2. The van der Waals surface area contributed by atoms with Gasteiger partial charge < -0.3 is 15.5 Å². The first kappa shape index (κ1) is 11.5. The van der Waals surface area contributed by atoms with Crippen molar-refractivity contribution in [2.24, 2.45) is 5.73 Å². The lowest BCUT2D eigenvalue weighted by atomic mass is 10.2. The van der Waals surface area contributed by atoms with Gasteiger partial charge in [0.1, 0.15) is 0 Å².